The van der Waals surface area contributed by atoms with E-state index in [2.05, 4.69) is 5.32 Å². The molecule has 1 fully saturated rings. The van der Waals surface area contributed by atoms with Gasteiger partial charge in [0.2, 0.25) is 0 Å². The van der Waals surface area contributed by atoms with Gasteiger partial charge in [0.25, 0.3) is 11.8 Å². The first-order chi connectivity index (χ1) is 14.8. The predicted octanol–water partition coefficient (Wildman–Crippen LogP) is 2.39. The average Bonchev–Trinajstić information content (AvgIpc) is 2.75. The molecule has 1 aliphatic heterocycles. The molecule has 0 aromatic heterocycles. The number of carboxylic acid groups (broad SMARTS) is 1. The first kappa shape index (κ1) is 21.6. The van der Waals surface area contributed by atoms with Gasteiger partial charge >= 0.3 is 12.0 Å². The van der Waals surface area contributed by atoms with E-state index >= 15 is 0 Å². The largest absolute Gasteiger partial charge is 0.493 e. The molecule has 0 aliphatic carbocycles. The maximum atomic E-state index is 13.0. The minimum Gasteiger partial charge on any atom is -0.493 e. The first-order valence-electron chi connectivity index (χ1n) is 9.37. The number of ether oxygens (including phenoxy) is 2. The minimum absolute atomic E-state index is 0.194. The summed E-state index contributed by atoms with van der Waals surface area (Å²) in [4.78, 5) is 49.2. The molecule has 0 saturated carbocycles. The number of barbiturate groups is 1. The van der Waals surface area contributed by atoms with Crippen LogP contribution in [0.2, 0.25) is 0 Å². The molecular weight excluding hydrogens is 404 g/mol. The van der Waals surface area contributed by atoms with Crippen LogP contribution in [0.4, 0.5) is 10.5 Å². The lowest BCUT2D eigenvalue weighted by atomic mass is 10.1. The van der Waals surface area contributed by atoms with E-state index in [1.807, 2.05) is 6.92 Å². The van der Waals surface area contributed by atoms with Crippen LogP contribution in [-0.2, 0) is 20.8 Å². The van der Waals surface area contributed by atoms with Crippen molar-refractivity contribution < 1.29 is 33.8 Å². The van der Waals surface area contributed by atoms with Gasteiger partial charge in [-0.1, -0.05) is 25.1 Å². The highest BCUT2D eigenvalue weighted by Crippen LogP contribution is 2.30. The van der Waals surface area contributed by atoms with E-state index in [4.69, 9.17) is 14.6 Å². The van der Waals surface area contributed by atoms with Crippen molar-refractivity contribution in [1.82, 2.24) is 5.32 Å². The van der Waals surface area contributed by atoms with Crippen LogP contribution < -0.4 is 19.7 Å². The van der Waals surface area contributed by atoms with Crippen LogP contribution in [0, 0.1) is 0 Å². The van der Waals surface area contributed by atoms with Crippen molar-refractivity contribution in [1.29, 1.82) is 0 Å². The second kappa shape index (κ2) is 9.12. The SMILES string of the molecule is CCc1ccc(N2C(=O)NC(=O)/C(=C/c3ccc(OCC(=O)O)c(OC)c3)C2=O)cc1. The molecule has 1 aliphatic rings. The lowest BCUT2D eigenvalue weighted by Crippen LogP contribution is -2.54. The standard InChI is InChI=1S/C22H20N2O7/c1-3-13-4-7-15(8-5-13)24-21(28)16(20(27)23-22(24)29)10-14-6-9-17(18(11-14)30-2)31-12-19(25)26/h4-11H,3,12H2,1-2H3,(H,25,26)(H,23,27,29)/b16-10-. The molecule has 3 rings (SSSR count). The molecule has 0 atom stereocenters. The number of hydrogen-bond donors (Lipinski definition) is 2. The number of anilines is 1. The van der Waals surface area contributed by atoms with Gasteiger partial charge in [-0.2, -0.15) is 0 Å². The molecule has 0 radical (unpaired) electrons. The molecule has 2 aromatic rings. The van der Waals surface area contributed by atoms with Crippen LogP contribution in [0.25, 0.3) is 6.08 Å². The smallest absolute Gasteiger partial charge is 0.341 e. The fraction of sp³-hybridized carbons (Fsp3) is 0.182. The Balaban J connectivity index is 1.92. The van der Waals surface area contributed by atoms with E-state index in [0.717, 1.165) is 16.9 Å². The summed E-state index contributed by atoms with van der Waals surface area (Å²) in [5.74, 6) is -2.30. The van der Waals surface area contributed by atoms with Gasteiger partial charge in [0.15, 0.2) is 18.1 Å². The second-order valence-corrected chi connectivity index (χ2v) is 6.57. The number of imide groups is 2. The number of aryl methyl sites for hydroxylation is 1. The number of carboxylic acids is 1. The zero-order chi connectivity index (χ0) is 22.5. The van der Waals surface area contributed by atoms with Crippen LogP contribution in [0.3, 0.4) is 0 Å². The Hall–Kier alpha value is -4.14. The predicted molar refractivity (Wildman–Crippen MR) is 111 cm³/mol. The van der Waals surface area contributed by atoms with Gasteiger partial charge in [0.05, 0.1) is 12.8 Å². The van der Waals surface area contributed by atoms with Gasteiger partial charge in [-0.3, -0.25) is 14.9 Å². The maximum absolute atomic E-state index is 13.0. The van der Waals surface area contributed by atoms with Crippen LogP contribution in [-0.4, -0.2) is 42.6 Å². The third kappa shape index (κ3) is 4.72. The van der Waals surface area contributed by atoms with E-state index in [9.17, 15) is 19.2 Å². The van der Waals surface area contributed by atoms with E-state index in [1.165, 1.54) is 31.4 Å². The number of amides is 4. The number of nitrogens with zero attached hydrogens (tertiary/aromatic N) is 1. The van der Waals surface area contributed by atoms with Crippen LogP contribution >= 0.6 is 0 Å². The molecule has 2 aromatic carbocycles. The summed E-state index contributed by atoms with van der Waals surface area (Å²) < 4.78 is 10.3. The molecule has 9 heteroatoms. The topological polar surface area (TPSA) is 122 Å². The number of carbonyl (C=O) groups excluding carboxylic acids is 3. The fourth-order valence-electron chi connectivity index (χ4n) is 2.97. The Bertz CT molecular complexity index is 1070. The van der Waals surface area contributed by atoms with Gasteiger partial charge in [-0.05, 0) is 47.9 Å². The third-order valence-corrected chi connectivity index (χ3v) is 4.55. The van der Waals surface area contributed by atoms with Gasteiger partial charge in [-0.25, -0.2) is 14.5 Å². The average molecular weight is 424 g/mol. The number of nitrogens with one attached hydrogen (secondary N) is 1. The molecule has 4 amide bonds. The first-order valence-corrected chi connectivity index (χ1v) is 9.37. The quantitative estimate of drug-likeness (QED) is 0.517. The second-order valence-electron chi connectivity index (χ2n) is 6.57. The van der Waals surface area contributed by atoms with Crippen molar-refractivity contribution in [3.05, 3.63) is 59.2 Å². The van der Waals surface area contributed by atoms with Crippen LogP contribution in [0.5, 0.6) is 11.5 Å². The molecule has 160 valence electrons. The third-order valence-electron chi connectivity index (χ3n) is 4.55. The Morgan fingerprint density at radius 2 is 1.81 bits per heavy atom. The van der Waals surface area contributed by atoms with Gasteiger partial charge < -0.3 is 14.6 Å². The monoisotopic (exact) mass is 424 g/mol. The van der Waals surface area contributed by atoms with E-state index in [0.29, 0.717) is 11.3 Å². The summed E-state index contributed by atoms with van der Waals surface area (Å²) >= 11 is 0. The van der Waals surface area contributed by atoms with E-state index in [1.54, 1.807) is 24.3 Å². The van der Waals surface area contributed by atoms with E-state index in [-0.39, 0.29) is 17.1 Å². The molecule has 0 spiro atoms. The van der Waals surface area contributed by atoms with Crippen LogP contribution in [0.15, 0.2) is 48.0 Å². The zero-order valence-corrected chi connectivity index (χ0v) is 16.9. The Kier molecular flexibility index (Phi) is 6.35. The highest BCUT2D eigenvalue weighted by Gasteiger charge is 2.36. The molecule has 31 heavy (non-hydrogen) atoms. The van der Waals surface area contributed by atoms with Crippen molar-refractivity contribution >= 4 is 35.6 Å². The summed E-state index contributed by atoms with van der Waals surface area (Å²) in [6, 6.07) is 10.5. The summed E-state index contributed by atoms with van der Waals surface area (Å²) in [6.45, 7) is 1.44. The highest BCUT2D eigenvalue weighted by atomic mass is 16.5. The van der Waals surface area contributed by atoms with Crippen molar-refractivity contribution in [3.63, 3.8) is 0 Å². The molecular formula is C22H20N2O7. The lowest BCUT2D eigenvalue weighted by molar-refractivity contribution is -0.139. The number of urea groups is 1. The number of methoxy groups -OCH3 is 1. The summed E-state index contributed by atoms with van der Waals surface area (Å²) in [7, 11) is 1.37. The molecule has 1 heterocycles. The molecule has 0 bridgehead atoms. The highest BCUT2D eigenvalue weighted by molar-refractivity contribution is 6.39. The molecule has 1 saturated heterocycles. The number of rotatable bonds is 7. The van der Waals surface area contributed by atoms with Crippen molar-refractivity contribution in [2.45, 2.75) is 13.3 Å². The van der Waals surface area contributed by atoms with Crippen LogP contribution in [0.1, 0.15) is 18.1 Å². The van der Waals surface area contributed by atoms with E-state index < -0.39 is 30.4 Å². The molecule has 9 nitrogen and oxygen atoms in total. The summed E-state index contributed by atoms with van der Waals surface area (Å²) in [5.41, 5.74) is 1.57. The molecule has 0 unspecified atom stereocenters. The number of benzene rings is 2. The number of hydrogen-bond acceptors (Lipinski definition) is 6. The Morgan fingerprint density at radius 3 is 2.42 bits per heavy atom. The van der Waals surface area contributed by atoms with Gasteiger partial charge in [-0.15, -0.1) is 0 Å². The normalized spacial score (nSPS) is 15.1. The number of carbonyl (C=O) groups is 4. The Labute approximate surface area is 177 Å². The Morgan fingerprint density at radius 1 is 1.10 bits per heavy atom. The van der Waals surface area contributed by atoms with Gasteiger partial charge in [0.1, 0.15) is 5.57 Å². The molecule has 2 N–H and O–H groups in total. The van der Waals surface area contributed by atoms with Crippen molar-refractivity contribution in [3.8, 4) is 11.5 Å². The maximum Gasteiger partial charge on any atom is 0.341 e. The van der Waals surface area contributed by atoms with Crippen molar-refractivity contribution in [2.24, 2.45) is 0 Å². The lowest BCUT2D eigenvalue weighted by Gasteiger charge is -2.26. The summed E-state index contributed by atoms with van der Waals surface area (Å²) in [6.07, 6.45) is 2.12. The van der Waals surface area contributed by atoms with Gasteiger partial charge in [0, 0.05) is 0 Å². The number of aliphatic carboxylic acids is 1. The summed E-state index contributed by atoms with van der Waals surface area (Å²) in [5, 5.41) is 10.9. The fourth-order valence-corrected chi connectivity index (χ4v) is 2.97. The van der Waals surface area contributed by atoms with Crippen molar-refractivity contribution in [2.75, 3.05) is 18.6 Å². The minimum atomic E-state index is -1.14. The zero-order valence-electron chi connectivity index (χ0n) is 16.9.